The average molecular weight is 385 g/mol. The molecule has 1 atom stereocenters. The van der Waals surface area contributed by atoms with Gasteiger partial charge in [0.15, 0.2) is 11.6 Å². The number of carbonyl (C=O) groups excluding carboxylic acids is 1. The Morgan fingerprint density at radius 3 is 2.68 bits per heavy atom. The lowest BCUT2D eigenvalue weighted by Crippen LogP contribution is -2.41. The Kier molecular flexibility index (Phi) is 4.92. The molecular formula is C18H17F2N7O. The zero-order chi connectivity index (χ0) is 19.5. The highest BCUT2D eigenvalue weighted by Crippen LogP contribution is 2.24. The van der Waals surface area contributed by atoms with E-state index in [1.165, 1.54) is 23.4 Å². The van der Waals surface area contributed by atoms with Gasteiger partial charge in [-0.25, -0.2) is 18.4 Å². The molecule has 0 radical (unpaired) electrons. The maximum absolute atomic E-state index is 13.8. The zero-order valence-electron chi connectivity index (χ0n) is 14.8. The van der Waals surface area contributed by atoms with E-state index in [1.807, 2.05) is 11.0 Å². The molecule has 1 aliphatic heterocycles. The summed E-state index contributed by atoms with van der Waals surface area (Å²) in [4.78, 5) is 18.4. The number of anilines is 2. The van der Waals surface area contributed by atoms with Crippen molar-refractivity contribution in [1.29, 1.82) is 0 Å². The Bertz CT molecular complexity index is 963. The fourth-order valence-electron chi connectivity index (χ4n) is 3.16. The Morgan fingerprint density at radius 2 is 1.96 bits per heavy atom. The first-order valence-corrected chi connectivity index (χ1v) is 8.80. The van der Waals surface area contributed by atoms with Crippen molar-refractivity contribution in [3.8, 4) is 5.82 Å². The molecule has 1 fully saturated rings. The SMILES string of the molecule is O=C(Nc1ccc(F)cc1F)C1CCCN(c2ccc(-n3cncn3)nn2)C1. The molecule has 1 amide bonds. The van der Waals surface area contributed by atoms with E-state index in [1.54, 1.807) is 6.07 Å². The molecule has 28 heavy (non-hydrogen) atoms. The number of hydrogen-bond donors (Lipinski definition) is 1. The summed E-state index contributed by atoms with van der Waals surface area (Å²) in [6.07, 6.45) is 4.40. The number of nitrogens with zero attached hydrogens (tertiary/aromatic N) is 6. The van der Waals surface area contributed by atoms with E-state index in [0.29, 0.717) is 24.6 Å². The molecule has 3 heterocycles. The van der Waals surface area contributed by atoms with E-state index in [-0.39, 0.29) is 17.5 Å². The molecule has 4 rings (SSSR count). The summed E-state index contributed by atoms with van der Waals surface area (Å²) >= 11 is 0. The minimum Gasteiger partial charge on any atom is -0.354 e. The van der Waals surface area contributed by atoms with Crippen LogP contribution in [0.5, 0.6) is 0 Å². The number of carbonyl (C=O) groups is 1. The number of halogens is 2. The molecule has 3 aromatic rings. The van der Waals surface area contributed by atoms with Gasteiger partial charge in [-0.3, -0.25) is 4.79 Å². The average Bonchev–Trinajstić information content (AvgIpc) is 3.25. The summed E-state index contributed by atoms with van der Waals surface area (Å²) in [6.45, 7) is 1.18. The van der Waals surface area contributed by atoms with E-state index in [4.69, 9.17) is 0 Å². The zero-order valence-corrected chi connectivity index (χ0v) is 14.8. The van der Waals surface area contributed by atoms with Gasteiger partial charge in [-0.2, -0.15) is 5.10 Å². The third-order valence-corrected chi connectivity index (χ3v) is 4.60. The molecule has 0 spiro atoms. The Hall–Kier alpha value is -3.43. The van der Waals surface area contributed by atoms with E-state index in [9.17, 15) is 13.6 Å². The van der Waals surface area contributed by atoms with E-state index in [0.717, 1.165) is 25.1 Å². The molecule has 0 bridgehead atoms. The predicted octanol–water partition coefficient (Wildman–Crippen LogP) is 2.19. The highest BCUT2D eigenvalue weighted by atomic mass is 19.1. The van der Waals surface area contributed by atoms with Gasteiger partial charge in [-0.1, -0.05) is 0 Å². The number of benzene rings is 1. The number of nitrogens with one attached hydrogen (secondary N) is 1. The van der Waals surface area contributed by atoms with Gasteiger partial charge < -0.3 is 10.2 Å². The Balaban J connectivity index is 1.43. The molecule has 10 heteroatoms. The van der Waals surface area contributed by atoms with Gasteiger partial charge in [0, 0.05) is 19.2 Å². The Morgan fingerprint density at radius 1 is 1.14 bits per heavy atom. The molecule has 144 valence electrons. The van der Waals surface area contributed by atoms with Crippen molar-refractivity contribution in [3.05, 3.63) is 54.6 Å². The van der Waals surface area contributed by atoms with Crippen LogP contribution in [-0.2, 0) is 4.79 Å². The van der Waals surface area contributed by atoms with Crippen molar-refractivity contribution in [2.75, 3.05) is 23.3 Å². The van der Waals surface area contributed by atoms with E-state index >= 15 is 0 Å². The number of hydrogen-bond acceptors (Lipinski definition) is 6. The molecule has 8 nitrogen and oxygen atoms in total. The maximum atomic E-state index is 13.8. The summed E-state index contributed by atoms with van der Waals surface area (Å²) in [5, 5.41) is 14.9. The van der Waals surface area contributed by atoms with Crippen LogP contribution in [0.4, 0.5) is 20.3 Å². The van der Waals surface area contributed by atoms with Crippen LogP contribution in [0.15, 0.2) is 43.0 Å². The van der Waals surface area contributed by atoms with Crippen LogP contribution in [0.1, 0.15) is 12.8 Å². The normalized spacial score (nSPS) is 16.8. The summed E-state index contributed by atoms with van der Waals surface area (Å²) in [7, 11) is 0. The highest BCUT2D eigenvalue weighted by molar-refractivity contribution is 5.93. The second-order valence-electron chi connectivity index (χ2n) is 6.49. The van der Waals surface area contributed by atoms with Gasteiger partial charge in [0.05, 0.1) is 11.6 Å². The van der Waals surface area contributed by atoms with E-state index < -0.39 is 11.6 Å². The first-order chi connectivity index (χ1) is 13.6. The first kappa shape index (κ1) is 18.0. The number of piperidine rings is 1. The van der Waals surface area contributed by atoms with Crippen molar-refractivity contribution in [2.45, 2.75) is 12.8 Å². The molecule has 0 aliphatic carbocycles. The number of aromatic nitrogens is 5. The second kappa shape index (κ2) is 7.67. The Labute approximate surface area is 159 Å². The lowest BCUT2D eigenvalue weighted by atomic mass is 9.97. The van der Waals surface area contributed by atoms with Crippen LogP contribution in [0.2, 0.25) is 0 Å². The highest BCUT2D eigenvalue weighted by Gasteiger charge is 2.27. The third-order valence-electron chi connectivity index (χ3n) is 4.60. The molecule has 1 N–H and O–H groups in total. The predicted molar refractivity (Wildman–Crippen MR) is 96.9 cm³/mol. The topological polar surface area (TPSA) is 88.8 Å². The lowest BCUT2D eigenvalue weighted by Gasteiger charge is -2.32. The van der Waals surface area contributed by atoms with Crippen LogP contribution >= 0.6 is 0 Å². The third kappa shape index (κ3) is 3.80. The first-order valence-electron chi connectivity index (χ1n) is 8.80. The van der Waals surface area contributed by atoms with Crippen molar-refractivity contribution in [2.24, 2.45) is 5.92 Å². The fraction of sp³-hybridized carbons (Fsp3) is 0.278. The van der Waals surface area contributed by atoms with Crippen molar-refractivity contribution in [1.82, 2.24) is 25.0 Å². The van der Waals surface area contributed by atoms with Gasteiger partial charge in [-0.15, -0.1) is 10.2 Å². The quantitative estimate of drug-likeness (QED) is 0.741. The molecule has 1 saturated heterocycles. The summed E-state index contributed by atoms with van der Waals surface area (Å²) in [5.41, 5.74) is -0.0273. The second-order valence-corrected chi connectivity index (χ2v) is 6.49. The molecule has 1 aromatic carbocycles. The molecule has 1 aliphatic rings. The fourth-order valence-corrected chi connectivity index (χ4v) is 3.16. The van der Waals surface area contributed by atoms with Gasteiger partial charge >= 0.3 is 0 Å². The van der Waals surface area contributed by atoms with Crippen molar-refractivity contribution < 1.29 is 13.6 Å². The van der Waals surface area contributed by atoms with E-state index in [2.05, 4.69) is 25.6 Å². The monoisotopic (exact) mass is 385 g/mol. The molecule has 0 saturated carbocycles. The standard InChI is InChI=1S/C18H17F2N7O/c19-13-3-4-15(14(20)8-13)23-18(28)12-2-1-7-26(9-12)16-5-6-17(25-24-16)27-11-21-10-22-27/h3-6,8,10-12H,1-2,7,9H2,(H,23,28). The van der Waals surface area contributed by atoms with Crippen LogP contribution in [0.25, 0.3) is 5.82 Å². The summed E-state index contributed by atoms with van der Waals surface area (Å²) in [5.74, 6) is -0.936. The van der Waals surface area contributed by atoms with Gasteiger partial charge in [0.2, 0.25) is 5.91 Å². The minimum absolute atomic E-state index is 0.0273. The van der Waals surface area contributed by atoms with Gasteiger partial charge in [-0.05, 0) is 37.1 Å². The maximum Gasteiger partial charge on any atom is 0.229 e. The number of amides is 1. The van der Waals surface area contributed by atoms with Crippen LogP contribution in [-0.4, -0.2) is 44.0 Å². The van der Waals surface area contributed by atoms with Gasteiger partial charge in [0.25, 0.3) is 0 Å². The van der Waals surface area contributed by atoms with Crippen LogP contribution in [0.3, 0.4) is 0 Å². The summed E-state index contributed by atoms with van der Waals surface area (Å²) < 4.78 is 28.3. The van der Waals surface area contributed by atoms with Crippen LogP contribution < -0.4 is 10.2 Å². The largest absolute Gasteiger partial charge is 0.354 e. The smallest absolute Gasteiger partial charge is 0.229 e. The molecule has 1 unspecified atom stereocenters. The minimum atomic E-state index is -0.796. The number of rotatable bonds is 4. The van der Waals surface area contributed by atoms with Gasteiger partial charge in [0.1, 0.15) is 24.3 Å². The lowest BCUT2D eigenvalue weighted by molar-refractivity contribution is -0.120. The molecule has 2 aromatic heterocycles. The van der Waals surface area contributed by atoms with Crippen molar-refractivity contribution >= 4 is 17.4 Å². The summed E-state index contributed by atoms with van der Waals surface area (Å²) in [6, 6.07) is 6.66. The van der Waals surface area contributed by atoms with Crippen molar-refractivity contribution in [3.63, 3.8) is 0 Å². The van der Waals surface area contributed by atoms with Crippen LogP contribution in [0, 0.1) is 17.6 Å². The molecular weight excluding hydrogens is 368 g/mol.